The van der Waals surface area contributed by atoms with E-state index in [4.69, 9.17) is 10.5 Å². The van der Waals surface area contributed by atoms with E-state index >= 15 is 0 Å². The van der Waals surface area contributed by atoms with E-state index in [1.807, 2.05) is 6.26 Å². The maximum atomic E-state index is 11.1. The van der Waals surface area contributed by atoms with Crippen molar-refractivity contribution < 1.29 is 9.53 Å². The fourth-order valence-electron chi connectivity index (χ4n) is 1.26. The number of ether oxygens (including phenoxy) is 1. The molecule has 0 spiro atoms. The molecule has 1 aliphatic carbocycles. The number of hydrogen-bond donors (Lipinski definition) is 1. The molecule has 0 bridgehead atoms. The van der Waals surface area contributed by atoms with Crippen LogP contribution in [0.1, 0.15) is 23.2 Å². The molecule has 2 rings (SSSR count). The average Bonchev–Trinajstić information content (AvgIpc) is 3.01. The Morgan fingerprint density at radius 2 is 2.33 bits per heavy atom. The third kappa shape index (κ3) is 2.23. The lowest BCUT2D eigenvalue weighted by atomic mass is 10.2. The predicted octanol–water partition coefficient (Wildman–Crippen LogP) is 1.44. The number of primary amides is 1. The zero-order valence-corrected chi connectivity index (χ0v) is 9.21. The first-order valence-corrected chi connectivity index (χ1v) is 5.93. The van der Waals surface area contributed by atoms with Gasteiger partial charge in [-0.25, -0.2) is 0 Å². The first-order valence-electron chi connectivity index (χ1n) is 4.71. The smallest absolute Gasteiger partial charge is 0.251 e. The third-order valence-electron chi connectivity index (χ3n) is 2.15. The van der Waals surface area contributed by atoms with Crippen molar-refractivity contribution in [2.24, 2.45) is 5.73 Å². The largest absolute Gasteiger partial charge is 0.488 e. The van der Waals surface area contributed by atoms with Crippen LogP contribution in [0.25, 0.3) is 0 Å². The topological polar surface area (TPSA) is 65.2 Å². The molecule has 0 aromatic carbocycles. The SMILES string of the molecule is CSc1c(OC2CC2)cncc1C(N)=O. The fourth-order valence-corrected chi connectivity index (χ4v) is 1.94. The minimum absolute atomic E-state index is 0.292. The van der Waals surface area contributed by atoms with Gasteiger partial charge in [0.2, 0.25) is 0 Å². The molecule has 80 valence electrons. The number of thioether (sulfide) groups is 1. The normalized spacial score (nSPS) is 15.0. The van der Waals surface area contributed by atoms with Crippen LogP contribution in [0.5, 0.6) is 5.75 Å². The molecule has 1 aromatic rings. The number of pyridine rings is 1. The summed E-state index contributed by atoms with van der Waals surface area (Å²) >= 11 is 1.45. The number of rotatable bonds is 4. The van der Waals surface area contributed by atoms with Crippen LogP contribution in [-0.2, 0) is 0 Å². The van der Waals surface area contributed by atoms with E-state index in [-0.39, 0.29) is 0 Å². The average molecular weight is 224 g/mol. The molecule has 1 aromatic heterocycles. The van der Waals surface area contributed by atoms with Gasteiger partial charge in [-0.1, -0.05) is 0 Å². The molecule has 2 N–H and O–H groups in total. The van der Waals surface area contributed by atoms with Gasteiger partial charge >= 0.3 is 0 Å². The molecule has 4 nitrogen and oxygen atoms in total. The van der Waals surface area contributed by atoms with E-state index in [1.54, 1.807) is 6.20 Å². The molecule has 5 heteroatoms. The number of carbonyl (C=O) groups is 1. The molecule has 1 heterocycles. The van der Waals surface area contributed by atoms with Crippen molar-refractivity contribution in [3.63, 3.8) is 0 Å². The van der Waals surface area contributed by atoms with Gasteiger partial charge in [0.05, 0.1) is 22.8 Å². The van der Waals surface area contributed by atoms with Gasteiger partial charge in [-0.2, -0.15) is 0 Å². The van der Waals surface area contributed by atoms with Gasteiger partial charge in [0.1, 0.15) is 0 Å². The summed E-state index contributed by atoms with van der Waals surface area (Å²) in [4.78, 5) is 15.9. The predicted molar refractivity (Wildman–Crippen MR) is 58.2 cm³/mol. The van der Waals surface area contributed by atoms with Crippen molar-refractivity contribution >= 4 is 17.7 Å². The van der Waals surface area contributed by atoms with E-state index in [0.29, 0.717) is 17.4 Å². The molecule has 1 amide bonds. The minimum Gasteiger partial charge on any atom is -0.488 e. The highest BCUT2D eigenvalue weighted by atomic mass is 32.2. The second-order valence-corrected chi connectivity index (χ2v) is 4.22. The quantitative estimate of drug-likeness (QED) is 0.786. The zero-order chi connectivity index (χ0) is 10.8. The van der Waals surface area contributed by atoms with Crippen LogP contribution >= 0.6 is 11.8 Å². The number of hydrogen-bond acceptors (Lipinski definition) is 4. The van der Waals surface area contributed by atoms with Crippen molar-refractivity contribution in [2.45, 2.75) is 23.8 Å². The van der Waals surface area contributed by atoms with Crippen LogP contribution in [0.2, 0.25) is 0 Å². The second-order valence-electron chi connectivity index (χ2n) is 3.40. The van der Waals surface area contributed by atoms with Crippen LogP contribution in [0.3, 0.4) is 0 Å². The first kappa shape index (κ1) is 10.3. The lowest BCUT2D eigenvalue weighted by molar-refractivity contribution is 0.0996. The van der Waals surface area contributed by atoms with Crippen molar-refractivity contribution in [1.29, 1.82) is 0 Å². The van der Waals surface area contributed by atoms with Crippen molar-refractivity contribution in [3.8, 4) is 5.75 Å². The van der Waals surface area contributed by atoms with E-state index in [1.165, 1.54) is 18.0 Å². The molecular formula is C10H12N2O2S. The highest BCUT2D eigenvalue weighted by Crippen LogP contribution is 2.34. The van der Waals surface area contributed by atoms with Gasteiger partial charge < -0.3 is 10.5 Å². The summed E-state index contributed by atoms with van der Waals surface area (Å²) in [6.45, 7) is 0. The molecule has 15 heavy (non-hydrogen) atoms. The second kappa shape index (κ2) is 4.10. The van der Waals surface area contributed by atoms with Gasteiger partial charge in [0.25, 0.3) is 5.91 Å². The Labute approximate surface area is 92.2 Å². The molecule has 1 aliphatic rings. The van der Waals surface area contributed by atoms with Crippen molar-refractivity contribution in [2.75, 3.05) is 6.26 Å². The summed E-state index contributed by atoms with van der Waals surface area (Å²) in [7, 11) is 0. The van der Waals surface area contributed by atoms with Crippen LogP contribution < -0.4 is 10.5 Å². The molecule has 0 radical (unpaired) electrons. The molecule has 0 aliphatic heterocycles. The fraction of sp³-hybridized carbons (Fsp3) is 0.400. The molecule has 1 saturated carbocycles. The monoisotopic (exact) mass is 224 g/mol. The summed E-state index contributed by atoms with van der Waals surface area (Å²) in [6, 6.07) is 0. The minimum atomic E-state index is -0.465. The maximum Gasteiger partial charge on any atom is 0.251 e. The van der Waals surface area contributed by atoms with E-state index in [9.17, 15) is 4.79 Å². The van der Waals surface area contributed by atoms with Crippen molar-refractivity contribution in [1.82, 2.24) is 4.98 Å². The molecular weight excluding hydrogens is 212 g/mol. The zero-order valence-electron chi connectivity index (χ0n) is 8.40. The Morgan fingerprint density at radius 3 is 2.87 bits per heavy atom. The van der Waals surface area contributed by atoms with Gasteiger partial charge in [0.15, 0.2) is 5.75 Å². The van der Waals surface area contributed by atoms with Gasteiger partial charge in [-0.15, -0.1) is 11.8 Å². The lowest BCUT2D eigenvalue weighted by Gasteiger charge is -2.10. The van der Waals surface area contributed by atoms with Gasteiger partial charge in [0, 0.05) is 6.20 Å². The Hall–Kier alpha value is -1.23. The maximum absolute atomic E-state index is 11.1. The Kier molecular flexibility index (Phi) is 2.81. The molecule has 0 saturated heterocycles. The van der Waals surface area contributed by atoms with E-state index < -0.39 is 5.91 Å². The summed E-state index contributed by atoms with van der Waals surface area (Å²) in [6.07, 6.45) is 7.45. The number of amides is 1. The highest BCUT2D eigenvalue weighted by Gasteiger charge is 2.25. The summed E-state index contributed by atoms with van der Waals surface area (Å²) < 4.78 is 5.65. The van der Waals surface area contributed by atoms with Crippen molar-refractivity contribution in [3.05, 3.63) is 18.0 Å². The Morgan fingerprint density at radius 1 is 1.60 bits per heavy atom. The summed E-state index contributed by atoms with van der Waals surface area (Å²) in [5.41, 5.74) is 5.69. The first-order chi connectivity index (χ1) is 7.22. The number of nitrogens with zero attached hydrogens (tertiary/aromatic N) is 1. The van der Waals surface area contributed by atoms with E-state index in [0.717, 1.165) is 17.7 Å². The van der Waals surface area contributed by atoms with Gasteiger partial charge in [-0.05, 0) is 19.1 Å². The number of carbonyl (C=O) groups excluding carboxylic acids is 1. The van der Waals surface area contributed by atoms with Crippen LogP contribution in [0, 0.1) is 0 Å². The standard InChI is InChI=1S/C10H12N2O2S/c1-15-9-7(10(11)13)4-12-5-8(9)14-6-2-3-6/h4-6H,2-3H2,1H3,(H2,11,13). The Balaban J connectivity index is 2.34. The van der Waals surface area contributed by atoms with Crippen LogP contribution in [-0.4, -0.2) is 23.3 Å². The molecule has 0 unspecified atom stereocenters. The number of aromatic nitrogens is 1. The highest BCUT2D eigenvalue weighted by molar-refractivity contribution is 7.98. The molecule has 0 atom stereocenters. The Bertz CT molecular complexity index is 391. The van der Waals surface area contributed by atoms with Crippen LogP contribution in [0.15, 0.2) is 17.3 Å². The molecule has 1 fully saturated rings. The van der Waals surface area contributed by atoms with E-state index in [2.05, 4.69) is 4.98 Å². The lowest BCUT2D eigenvalue weighted by Crippen LogP contribution is -2.13. The van der Waals surface area contributed by atoms with Gasteiger partial charge in [-0.3, -0.25) is 9.78 Å². The summed E-state index contributed by atoms with van der Waals surface area (Å²) in [5, 5.41) is 0. The van der Waals surface area contributed by atoms with Crippen LogP contribution in [0.4, 0.5) is 0 Å². The third-order valence-corrected chi connectivity index (χ3v) is 2.98. The summed E-state index contributed by atoms with van der Waals surface area (Å²) in [5.74, 6) is 0.203. The number of nitrogens with two attached hydrogens (primary N) is 1.